The molecule has 0 atom stereocenters. The van der Waals surface area contributed by atoms with Gasteiger partial charge in [-0.15, -0.1) is 0 Å². The Labute approximate surface area is 132 Å². The molecule has 23 heavy (non-hydrogen) atoms. The number of aromatic nitrogens is 4. The summed E-state index contributed by atoms with van der Waals surface area (Å²) in [6, 6.07) is 2.93. The molecule has 2 aromatic heterocycles. The van der Waals surface area contributed by atoms with Crippen molar-refractivity contribution in [2.24, 2.45) is 0 Å². The van der Waals surface area contributed by atoms with Gasteiger partial charge in [0.05, 0.1) is 5.69 Å². The first-order valence-electron chi connectivity index (χ1n) is 6.98. The van der Waals surface area contributed by atoms with Crippen LogP contribution in [0.3, 0.4) is 0 Å². The van der Waals surface area contributed by atoms with Crippen molar-refractivity contribution in [2.75, 3.05) is 5.32 Å². The highest BCUT2D eigenvalue weighted by molar-refractivity contribution is 5.91. The minimum atomic E-state index is -0.902. The zero-order chi connectivity index (χ0) is 16.9. The Balaban J connectivity index is 2.05. The molecule has 2 aromatic rings. The number of carboxylic acids is 1. The van der Waals surface area contributed by atoms with Crippen molar-refractivity contribution in [1.82, 2.24) is 25.1 Å². The van der Waals surface area contributed by atoms with Crippen LogP contribution < -0.4 is 10.6 Å². The van der Waals surface area contributed by atoms with Gasteiger partial charge in [0.2, 0.25) is 0 Å². The monoisotopic (exact) mass is 318 g/mol. The van der Waals surface area contributed by atoms with E-state index in [0.717, 1.165) is 0 Å². The standard InChI is InChI=1S/C14H18N6O3/c1-14(2,6-5-11(21)22)19-13(23)18-10-4-3-7-16-12(10)20-9-15-8-17-20/h3-4,7-9H,5-6H2,1-2H3,(H,21,22)(H2,18,19,23). The Morgan fingerprint density at radius 1 is 1.39 bits per heavy atom. The molecule has 122 valence electrons. The summed E-state index contributed by atoms with van der Waals surface area (Å²) in [5.41, 5.74) is -0.192. The zero-order valence-corrected chi connectivity index (χ0v) is 12.9. The summed E-state index contributed by atoms with van der Waals surface area (Å²) in [6.07, 6.45) is 4.72. The molecule has 0 spiro atoms. The number of carboxylic acid groups (broad SMARTS) is 1. The molecule has 9 heteroatoms. The Morgan fingerprint density at radius 2 is 2.17 bits per heavy atom. The molecule has 0 bridgehead atoms. The van der Waals surface area contributed by atoms with Gasteiger partial charge < -0.3 is 15.7 Å². The smallest absolute Gasteiger partial charge is 0.319 e. The van der Waals surface area contributed by atoms with Crippen LogP contribution in [0.2, 0.25) is 0 Å². The molecule has 2 heterocycles. The topological polar surface area (TPSA) is 122 Å². The average Bonchev–Trinajstić information content (AvgIpc) is 2.99. The maximum atomic E-state index is 12.2. The predicted octanol–water partition coefficient (Wildman–Crippen LogP) is 1.43. The van der Waals surface area contributed by atoms with Crippen LogP contribution in [-0.4, -0.2) is 42.4 Å². The summed E-state index contributed by atoms with van der Waals surface area (Å²) in [5, 5.41) is 18.2. The number of hydrogen-bond donors (Lipinski definition) is 3. The van der Waals surface area contributed by atoms with Crippen LogP contribution in [0.15, 0.2) is 31.0 Å². The minimum Gasteiger partial charge on any atom is -0.481 e. The van der Waals surface area contributed by atoms with E-state index in [1.165, 1.54) is 17.3 Å². The summed E-state index contributed by atoms with van der Waals surface area (Å²) in [6.45, 7) is 3.52. The number of rotatable bonds is 6. The molecule has 0 fully saturated rings. The quantitative estimate of drug-likeness (QED) is 0.740. The lowest BCUT2D eigenvalue weighted by atomic mass is 9.99. The van der Waals surface area contributed by atoms with Crippen molar-refractivity contribution in [3.8, 4) is 5.82 Å². The van der Waals surface area contributed by atoms with Gasteiger partial charge >= 0.3 is 12.0 Å². The van der Waals surface area contributed by atoms with Crippen LogP contribution in [0.1, 0.15) is 26.7 Å². The molecular weight excluding hydrogens is 300 g/mol. The van der Waals surface area contributed by atoms with Gasteiger partial charge in [-0.05, 0) is 32.4 Å². The number of carbonyl (C=O) groups is 2. The number of amides is 2. The molecule has 3 N–H and O–H groups in total. The number of nitrogens with one attached hydrogen (secondary N) is 2. The highest BCUT2D eigenvalue weighted by Gasteiger charge is 2.22. The third-order valence-corrected chi connectivity index (χ3v) is 3.09. The van der Waals surface area contributed by atoms with Crippen LogP contribution in [0.4, 0.5) is 10.5 Å². The number of pyridine rings is 1. The van der Waals surface area contributed by atoms with Crippen LogP contribution in [0, 0.1) is 0 Å². The van der Waals surface area contributed by atoms with E-state index in [-0.39, 0.29) is 6.42 Å². The van der Waals surface area contributed by atoms with Gasteiger partial charge in [0.25, 0.3) is 0 Å². The number of nitrogens with zero attached hydrogens (tertiary/aromatic N) is 4. The maximum absolute atomic E-state index is 12.2. The van der Waals surface area contributed by atoms with Crippen molar-refractivity contribution < 1.29 is 14.7 Å². The number of aliphatic carboxylic acids is 1. The van der Waals surface area contributed by atoms with Crippen molar-refractivity contribution in [2.45, 2.75) is 32.2 Å². The van der Waals surface area contributed by atoms with E-state index in [0.29, 0.717) is 17.9 Å². The summed E-state index contributed by atoms with van der Waals surface area (Å²) < 4.78 is 1.44. The molecule has 2 amide bonds. The van der Waals surface area contributed by atoms with Gasteiger partial charge in [-0.25, -0.2) is 19.4 Å². The molecule has 0 unspecified atom stereocenters. The van der Waals surface area contributed by atoms with E-state index in [4.69, 9.17) is 5.11 Å². The Bertz CT molecular complexity index is 684. The van der Waals surface area contributed by atoms with Gasteiger partial charge in [-0.2, -0.15) is 5.10 Å². The second-order valence-corrected chi connectivity index (χ2v) is 5.57. The van der Waals surface area contributed by atoms with E-state index < -0.39 is 17.5 Å². The zero-order valence-electron chi connectivity index (χ0n) is 12.9. The highest BCUT2D eigenvalue weighted by atomic mass is 16.4. The fourth-order valence-corrected chi connectivity index (χ4v) is 1.94. The Morgan fingerprint density at radius 3 is 2.83 bits per heavy atom. The summed E-state index contributed by atoms with van der Waals surface area (Å²) in [7, 11) is 0. The van der Waals surface area contributed by atoms with Crippen LogP contribution in [0.25, 0.3) is 5.82 Å². The van der Waals surface area contributed by atoms with Gasteiger partial charge in [0.1, 0.15) is 12.7 Å². The maximum Gasteiger partial charge on any atom is 0.319 e. The van der Waals surface area contributed by atoms with E-state index in [2.05, 4.69) is 25.7 Å². The molecule has 0 saturated carbocycles. The van der Waals surface area contributed by atoms with E-state index in [1.807, 2.05) is 0 Å². The third-order valence-electron chi connectivity index (χ3n) is 3.09. The highest BCUT2D eigenvalue weighted by Crippen LogP contribution is 2.17. The van der Waals surface area contributed by atoms with Crippen molar-refractivity contribution in [1.29, 1.82) is 0 Å². The second-order valence-electron chi connectivity index (χ2n) is 5.57. The molecule has 9 nitrogen and oxygen atoms in total. The van der Waals surface area contributed by atoms with Crippen molar-refractivity contribution >= 4 is 17.7 Å². The molecule has 0 aromatic carbocycles. The SMILES string of the molecule is CC(C)(CCC(=O)O)NC(=O)Nc1cccnc1-n1cncn1. The van der Waals surface area contributed by atoms with Crippen LogP contribution in [0.5, 0.6) is 0 Å². The summed E-state index contributed by atoms with van der Waals surface area (Å²) >= 11 is 0. The van der Waals surface area contributed by atoms with E-state index >= 15 is 0 Å². The molecule has 0 saturated heterocycles. The fraction of sp³-hybridized carbons (Fsp3) is 0.357. The third kappa shape index (κ3) is 4.77. The first-order chi connectivity index (χ1) is 10.9. The van der Waals surface area contributed by atoms with E-state index in [9.17, 15) is 9.59 Å². The number of anilines is 1. The molecule has 0 aliphatic carbocycles. The van der Waals surface area contributed by atoms with Gasteiger partial charge in [0.15, 0.2) is 5.82 Å². The van der Waals surface area contributed by atoms with E-state index in [1.54, 1.807) is 32.2 Å². The average molecular weight is 318 g/mol. The number of hydrogen-bond acceptors (Lipinski definition) is 5. The lowest BCUT2D eigenvalue weighted by Crippen LogP contribution is -2.45. The fourth-order valence-electron chi connectivity index (χ4n) is 1.94. The molecule has 2 rings (SSSR count). The molecular formula is C14H18N6O3. The predicted molar refractivity (Wildman–Crippen MR) is 82.3 cm³/mol. The number of urea groups is 1. The first kappa shape index (κ1) is 16.4. The summed E-state index contributed by atoms with van der Waals surface area (Å²) in [5.74, 6) is -0.468. The van der Waals surface area contributed by atoms with Crippen molar-refractivity contribution in [3.05, 3.63) is 31.0 Å². The Kier molecular flexibility index (Phi) is 4.89. The first-order valence-corrected chi connectivity index (χ1v) is 6.98. The number of carbonyl (C=O) groups excluding carboxylic acids is 1. The molecule has 0 radical (unpaired) electrons. The molecule has 0 aliphatic heterocycles. The normalized spacial score (nSPS) is 11.0. The second kappa shape index (κ2) is 6.86. The molecule has 0 aliphatic rings. The Hall–Kier alpha value is -2.97. The van der Waals surface area contributed by atoms with Gasteiger partial charge in [-0.1, -0.05) is 0 Å². The van der Waals surface area contributed by atoms with Gasteiger partial charge in [0, 0.05) is 18.2 Å². The van der Waals surface area contributed by atoms with Crippen molar-refractivity contribution in [3.63, 3.8) is 0 Å². The lowest BCUT2D eigenvalue weighted by Gasteiger charge is -2.25. The largest absolute Gasteiger partial charge is 0.481 e. The summed E-state index contributed by atoms with van der Waals surface area (Å²) in [4.78, 5) is 30.8. The van der Waals surface area contributed by atoms with Crippen LogP contribution >= 0.6 is 0 Å². The van der Waals surface area contributed by atoms with Crippen LogP contribution in [-0.2, 0) is 4.79 Å². The minimum absolute atomic E-state index is 0.0234. The lowest BCUT2D eigenvalue weighted by molar-refractivity contribution is -0.137. The van der Waals surface area contributed by atoms with Gasteiger partial charge in [-0.3, -0.25) is 4.79 Å².